The minimum atomic E-state index is -4.11. The first-order valence-corrected chi connectivity index (χ1v) is 6.58. The molecule has 1 saturated heterocycles. The number of aliphatic carboxylic acids is 1. The van der Waals surface area contributed by atoms with E-state index in [4.69, 9.17) is 21.1 Å². The summed E-state index contributed by atoms with van der Waals surface area (Å²) in [6.07, 6.45) is 0. The second-order valence-electron chi connectivity index (χ2n) is 3.25. The van der Waals surface area contributed by atoms with Crippen LogP contribution in [0.25, 0.3) is 0 Å². The molecule has 5 N–H and O–H groups in total. The summed E-state index contributed by atoms with van der Waals surface area (Å²) in [5, 5.41) is 15.8. The van der Waals surface area contributed by atoms with E-state index < -0.39 is 32.4 Å². The van der Waals surface area contributed by atoms with Gasteiger partial charge in [-0.25, -0.2) is 4.57 Å². The third kappa shape index (κ3) is 3.19. The van der Waals surface area contributed by atoms with Crippen molar-refractivity contribution in [2.75, 3.05) is 19.0 Å². The Morgan fingerprint density at radius 3 is 2.44 bits per heavy atom. The highest BCUT2D eigenvalue weighted by atomic mass is 32.2. The lowest BCUT2D eigenvalue weighted by Gasteiger charge is -2.33. The molecule has 1 aliphatic heterocycles. The van der Waals surface area contributed by atoms with Crippen LogP contribution in [0.2, 0.25) is 0 Å². The maximum Gasteiger partial charge on any atom is 0.472 e. The Labute approximate surface area is 95.2 Å². The molecule has 0 radical (unpaired) electrons. The van der Waals surface area contributed by atoms with Crippen LogP contribution in [0.1, 0.15) is 0 Å². The molecule has 10 heteroatoms. The van der Waals surface area contributed by atoms with Gasteiger partial charge in [0.05, 0.1) is 13.2 Å². The zero-order chi connectivity index (χ0) is 12.4. The van der Waals surface area contributed by atoms with Crippen molar-refractivity contribution < 1.29 is 28.4 Å². The van der Waals surface area contributed by atoms with Crippen molar-refractivity contribution in [1.82, 2.24) is 0 Å². The molecule has 0 bridgehead atoms. The summed E-state index contributed by atoms with van der Waals surface area (Å²) in [6.45, 7) is -0.896. The molecule has 0 atom stereocenters. The fourth-order valence-electron chi connectivity index (χ4n) is 0.974. The predicted octanol–water partition coefficient (Wildman–Crippen LogP) is -0.169. The van der Waals surface area contributed by atoms with E-state index in [2.05, 4.69) is 9.05 Å². The van der Waals surface area contributed by atoms with Crippen molar-refractivity contribution in [3.8, 4) is 0 Å². The summed E-state index contributed by atoms with van der Waals surface area (Å²) in [4.78, 5) is 20.0. The van der Waals surface area contributed by atoms with E-state index in [-0.39, 0.29) is 10.9 Å². The van der Waals surface area contributed by atoms with Gasteiger partial charge in [-0.15, -0.1) is 0 Å². The molecule has 0 unspecified atom stereocenters. The van der Waals surface area contributed by atoms with E-state index in [0.29, 0.717) is 0 Å². The monoisotopic (exact) mass is 270 g/mol. The van der Waals surface area contributed by atoms with Crippen LogP contribution in [0.5, 0.6) is 0 Å². The number of phosphoric acid groups is 1. The first-order valence-electron chi connectivity index (χ1n) is 4.09. The Kier molecular flexibility index (Phi) is 3.97. The molecule has 92 valence electrons. The van der Waals surface area contributed by atoms with Gasteiger partial charge in [-0.2, -0.15) is 0 Å². The van der Waals surface area contributed by atoms with Crippen molar-refractivity contribution in [1.29, 1.82) is 5.41 Å². The van der Waals surface area contributed by atoms with Crippen molar-refractivity contribution in [2.24, 2.45) is 11.1 Å². The zero-order valence-corrected chi connectivity index (χ0v) is 9.79. The van der Waals surface area contributed by atoms with E-state index in [1.807, 2.05) is 0 Å². The van der Waals surface area contributed by atoms with Crippen LogP contribution in [0.4, 0.5) is 0 Å². The summed E-state index contributed by atoms with van der Waals surface area (Å²) in [5.41, 5.74) is 3.64. The average molecular weight is 270 g/mol. The lowest BCUT2D eigenvalue weighted by molar-refractivity contribution is -0.154. The first kappa shape index (κ1) is 13.5. The minimum absolute atomic E-state index is 0.0579. The maximum atomic E-state index is 11.0. The molecule has 1 rings (SSSR count). The fourth-order valence-corrected chi connectivity index (χ4v) is 2.59. The number of carboxylic acid groups (broad SMARTS) is 1. The summed E-state index contributed by atoms with van der Waals surface area (Å²) in [5.74, 6) is -1.28. The number of rotatable bonds is 3. The van der Waals surface area contributed by atoms with Crippen LogP contribution < -0.4 is 5.73 Å². The normalized spacial score (nSPS) is 34.6. The highest BCUT2D eigenvalue weighted by Crippen LogP contribution is 2.50. The van der Waals surface area contributed by atoms with Gasteiger partial charge in [0.25, 0.3) is 0 Å². The number of carboxylic acids is 1. The molecule has 8 nitrogen and oxygen atoms in total. The van der Waals surface area contributed by atoms with Gasteiger partial charge in [0.15, 0.2) is 5.17 Å². The van der Waals surface area contributed by atoms with E-state index in [1.165, 1.54) is 0 Å². The molecule has 16 heavy (non-hydrogen) atoms. The van der Waals surface area contributed by atoms with Gasteiger partial charge in [0, 0.05) is 5.75 Å². The van der Waals surface area contributed by atoms with Gasteiger partial charge in [-0.05, 0) is 0 Å². The molecule has 1 aliphatic rings. The number of nitrogens with two attached hydrogens (primary N) is 1. The third-order valence-electron chi connectivity index (χ3n) is 1.97. The summed E-state index contributed by atoms with van der Waals surface area (Å²) in [6, 6.07) is 0. The Morgan fingerprint density at radius 2 is 2.06 bits per heavy atom. The molecule has 1 fully saturated rings. The number of hydrogen-bond donors (Lipinski definition) is 4. The minimum Gasteiger partial charge on any atom is -0.481 e. The lowest BCUT2D eigenvalue weighted by atomic mass is 9.93. The molecule has 0 saturated carbocycles. The van der Waals surface area contributed by atoms with Crippen LogP contribution in [0.15, 0.2) is 0 Å². The number of nitrogens with one attached hydrogen (secondary N) is 1. The lowest BCUT2D eigenvalue weighted by Crippen LogP contribution is -2.45. The van der Waals surface area contributed by atoms with Crippen molar-refractivity contribution in [3.63, 3.8) is 0 Å². The summed E-state index contributed by atoms with van der Waals surface area (Å²) in [7, 11) is -4.11. The molecule has 1 heterocycles. The van der Waals surface area contributed by atoms with Gasteiger partial charge < -0.3 is 15.7 Å². The highest BCUT2D eigenvalue weighted by Gasteiger charge is 2.47. The Balaban J connectivity index is 2.72. The van der Waals surface area contributed by atoms with Gasteiger partial charge in [-0.3, -0.25) is 19.3 Å². The van der Waals surface area contributed by atoms with Gasteiger partial charge in [-0.1, -0.05) is 11.8 Å². The van der Waals surface area contributed by atoms with Crippen molar-refractivity contribution in [3.05, 3.63) is 0 Å². The number of thioether (sulfide) groups is 1. The summed E-state index contributed by atoms with van der Waals surface area (Å²) < 4.78 is 19.8. The number of amidine groups is 1. The smallest absolute Gasteiger partial charge is 0.472 e. The molecular weight excluding hydrogens is 259 g/mol. The number of carbonyl (C=O) groups is 1. The topological polar surface area (TPSA) is 143 Å². The van der Waals surface area contributed by atoms with Crippen LogP contribution in [0.3, 0.4) is 0 Å². The molecule has 0 spiro atoms. The predicted molar refractivity (Wildman–Crippen MR) is 56.2 cm³/mol. The van der Waals surface area contributed by atoms with E-state index in [0.717, 1.165) is 11.8 Å². The quantitative estimate of drug-likeness (QED) is 0.314. The fraction of sp³-hybridized carbons (Fsp3) is 0.667. The zero-order valence-electron chi connectivity index (χ0n) is 8.08. The molecular formula is C6H11N2O6PS. The van der Waals surface area contributed by atoms with Crippen LogP contribution in [-0.2, 0) is 18.4 Å². The number of hydrogen-bond acceptors (Lipinski definition) is 6. The molecule has 0 aromatic heterocycles. The van der Waals surface area contributed by atoms with Crippen LogP contribution >= 0.6 is 19.6 Å². The summed E-state index contributed by atoms with van der Waals surface area (Å²) >= 11 is 0.814. The van der Waals surface area contributed by atoms with E-state index in [9.17, 15) is 9.36 Å². The Bertz CT molecular complexity index is 343. The molecule has 0 aromatic carbocycles. The SMILES string of the molecule is N=C(N)SCC1(C(=O)O)COP(=O)(O)OC1. The van der Waals surface area contributed by atoms with Crippen molar-refractivity contribution >= 4 is 30.7 Å². The van der Waals surface area contributed by atoms with Gasteiger partial charge in [0.2, 0.25) is 0 Å². The van der Waals surface area contributed by atoms with Gasteiger partial charge >= 0.3 is 13.8 Å². The second-order valence-corrected chi connectivity index (χ2v) is 5.72. The largest absolute Gasteiger partial charge is 0.481 e. The Morgan fingerprint density at radius 1 is 1.56 bits per heavy atom. The average Bonchev–Trinajstić information content (AvgIpc) is 2.16. The van der Waals surface area contributed by atoms with Crippen molar-refractivity contribution in [2.45, 2.75) is 0 Å². The Hall–Kier alpha value is -0.600. The maximum absolute atomic E-state index is 11.0. The van der Waals surface area contributed by atoms with E-state index >= 15 is 0 Å². The van der Waals surface area contributed by atoms with Crippen LogP contribution in [0, 0.1) is 10.8 Å². The van der Waals surface area contributed by atoms with Gasteiger partial charge in [0.1, 0.15) is 5.41 Å². The standard InChI is InChI=1S/C6H11N2O6PS/c7-5(8)16-3-6(4(9)10)1-13-15(11,12)14-2-6/h1-3H2,(H3,7,8)(H,9,10)(H,11,12). The molecule has 0 aliphatic carbocycles. The first-order chi connectivity index (χ1) is 7.27. The second kappa shape index (κ2) is 4.72. The number of phosphoric ester groups is 1. The molecule has 0 aromatic rings. The third-order valence-corrected chi connectivity index (χ3v) is 3.88. The molecule has 0 amide bonds. The van der Waals surface area contributed by atoms with Crippen LogP contribution in [-0.4, -0.2) is 40.1 Å². The van der Waals surface area contributed by atoms with E-state index in [1.54, 1.807) is 0 Å². The highest BCUT2D eigenvalue weighted by molar-refractivity contribution is 8.13.